The number of nitrogen functional groups attached to an aromatic ring is 1. The molecule has 0 unspecified atom stereocenters. The number of hydrogen-bond acceptors (Lipinski definition) is 5. The fourth-order valence-corrected chi connectivity index (χ4v) is 2.78. The molecule has 0 saturated heterocycles. The van der Waals surface area contributed by atoms with Crippen LogP contribution in [0.1, 0.15) is 32.7 Å². The molecule has 0 bridgehead atoms. The third kappa shape index (κ3) is 4.25. The third-order valence-corrected chi connectivity index (χ3v) is 4.40. The van der Waals surface area contributed by atoms with Gasteiger partial charge in [0.25, 0.3) is 5.91 Å². The van der Waals surface area contributed by atoms with Gasteiger partial charge in [-0.1, -0.05) is 41.1 Å². The zero-order valence-corrected chi connectivity index (χ0v) is 15.7. The topological polar surface area (TPSA) is 95.1 Å². The van der Waals surface area contributed by atoms with Crippen molar-refractivity contribution in [3.05, 3.63) is 70.4 Å². The van der Waals surface area contributed by atoms with Crippen LogP contribution in [0.2, 0.25) is 0 Å². The van der Waals surface area contributed by atoms with Crippen LogP contribution in [-0.4, -0.2) is 28.0 Å². The van der Waals surface area contributed by atoms with Crippen LogP contribution >= 0.6 is 0 Å². The number of methoxy groups -OCH3 is 1. The lowest BCUT2D eigenvalue weighted by Gasteiger charge is -2.08. The maximum Gasteiger partial charge on any atom is 0.275 e. The quantitative estimate of drug-likeness (QED) is 0.700. The summed E-state index contributed by atoms with van der Waals surface area (Å²) in [6.45, 7) is 4.88. The van der Waals surface area contributed by atoms with Crippen LogP contribution in [0.25, 0.3) is 0 Å². The molecular formula is C20H23N5O2. The van der Waals surface area contributed by atoms with Crippen molar-refractivity contribution in [1.29, 1.82) is 0 Å². The van der Waals surface area contributed by atoms with Gasteiger partial charge in [0.15, 0.2) is 11.5 Å². The van der Waals surface area contributed by atoms with Crippen molar-refractivity contribution in [3.63, 3.8) is 0 Å². The standard InChI is InChI=1S/C20H23N5O2/c1-13-7-8-14(2)16(9-13)12-25-19(21)18(23-24-25)20(26)22-11-15-5-4-6-17(10-15)27-3/h4-10H,11-12,21H2,1-3H3,(H,22,26). The Labute approximate surface area is 158 Å². The van der Waals surface area contributed by atoms with Gasteiger partial charge in [-0.3, -0.25) is 4.79 Å². The average molecular weight is 365 g/mol. The Hall–Kier alpha value is -3.35. The van der Waals surface area contributed by atoms with Crippen molar-refractivity contribution in [2.24, 2.45) is 0 Å². The smallest absolute Gasteiger partial charge is 0.275 e. The van der Waals surface area contributed by atoms with Crippen molar-refractivity contribution >= 4 is 11.7 Å². The molecule has 0 aliphatic carbocycles. The number of nitrogens with one attached hydrogen (secondary N) is 1. The summed E-state index contributed by atoms with van der Waals surface area (Å²) in [6.07, 6.45) is 0. The molecule has 0 fully saturated rings. The third-order valence-electron chi connectivity index (χ3n) is 4.40. The molecule has 7 nitrogen and oxygen atoms in total. The van der Waals surface area contributed by atoms with Gasteiger partial charge in [-0.15, -0.1) is 5.10 Å². The van der Waals surface area contributed by atoms with Gasteiger partial charge in [0, 0.05) is 6.54 Å². The fourth-order valence-electron chi connectivity index (χ4n) is 2.78. The molecule has 1 aromatic heterocycles. The Kier molecular flexibility index (Phi) is 5.40. The predicted molar refractivity (Wildman–Crippen MR) is 104 cm³/mol. The highest BCUT2D eigenvalue weighted by Crippen LogP contribution is 2.16. The highest BCUT2D eigenvalue weighted by molar-refractivity contribution is 5.96. The van der Waals surface area contributed by atoms with Gasteiger partial charge in [-0.05, 0) is 42.7 Å². The molecule has 0 atom stereocenters. The molecule has 3 aromatic rings. The predicted octanol–water partition coefficient (Wildman–Crippen LogP) is 2.46. The van der Waals surface area contributed by atoms with Crippen LogP contribution < -0.4 is 15.8 Å². The van der Waals surface area contributed by atoms with Crippen molar-refractivity contribution in [2.45, 2.75) is 26.9 Å². The molecule has 0 aliphatic heterocycles. The highest BCUT2D eigenvalue weighted by atomic mass is 16.5. The second-order valence-corrected chi connectivity index (χ2v) is 6.45. The lowest BCUT2D eigenvalue weighted by Crippen LogP contribution is -2.24. The number of nitrogens with zero attached hydrogens (tertiary/aromatic N) is 3. The summed E-state index contributed by atoms with van der Waals surface area (Å²) in [7, 11) is 1.60. The normalized spacial score (nSPS) is 10.6. The summed E-state index contributed by atoms with van der Waals surface area (Å²) in [4.78, 5) is 12.4. The molecule has 7 heteroatoms. The summed E-state index contributed by atoms with van der Waals surface area (Å²) in [5.74, 6) is 0.627. The summed E-state index contributed by atoms with van der Waals surface area (Å²) in [5, 5.41) is 10.8. The van der Waals surface area contributed by atoms with Crippen molar-refractivity contribution in [3.8, 4) is 5.75 Å². The van der Waals surface area contributed by atoms with E-state index >= 15 is 0 Å². The fraction of sp³-hybridized carbons (Fsp3) is 0.250. The van der Waals surface area contributed by atoms with Crippen LogP contribution in [-0.2, 0) is 13.1 Å². The first-order valence-electron chi connectivity index (χ1n) is 8.64. The Morgan fingerprint density at radius 2 is 2.04 bits per heavy atom. The lowest BCUT2D eigenvalue weighted by molar-refractivity contribution is 0.0946. The maximum atomic E-state index is 12.4. The van der Waals surface area contributed by atoms with Crippen molar-refractivity contribution in [2.75, 3.05) is 12.8 Å². The number of amides is 1. The summed E-state index contributed by atoms with van der Waals surface area (Å²) >= 11 is 0. The highest BCUT2D eigenvalue weighted by Gasteiger charge is 2.18. The molecule has 1 heterocycles. The second-order valence-electron chi connectivity index (χ2n) is 6.45. The van der Waals surface area contributed by atoms with E-state index < -0.39 is 0 Å². The van der Waals surface area contributed by atoms with E-state index in [-0.39, 0.29) is 17.4 Å². The van der Waals surface area contributed by atoms with E-state index in [0.717, 1.165) is 28.0 Å². The van der Waals surface area contributed by atoms with Crippen LogP contribution in [0.15, 0.2) is 42.5 Å². The number of benzene rings is 2. The van der Waals surface area contributed by atoms with Crippen molar-refractivity contribution < 1.29 is 9.53 Å². The minimum Gasteiger partial charge on any atom is -0.497 e. The summed E-state index contributed by atoms with van der Waals surface area (Å²) < 4.78 is 6.73. The van der Waals surface area contributed by atoms with Gasteiger partial charge in [0.2, 0.25) is 0 Å². The number of aryl methyl sites for hydroxylation is 2. The lowest BCUT2D eigenvalue weighted by atomic mass is 10.1. The zero-order valence-electron chi connectivity index (χ0n) is 15.7. The number of carbonyl (C=O) groups excluding carboxylic acids is 1. The molecule has 2 aromatic carbocycles. The molecular weight excluding hydrogens is 342 g/mol. The van der Waals surface area contributed by atoms with E-state index in [1.165, 1.54) is 0 Å². The number of ether oxygens (including phenoxy) is 1. The van der Waals surface area contributed by atoms with Crippen molar-refractivity contribution in [1.82, 2.24) is 20.3 Å². The van der Waals surface area contributed by atoms with Crippen LogP contribution in [0.5, 0.6) is 5.75 Å². The van der Waals surface area contributed by atoms with E-state index in [1.54, 1.807) is 11.8 Å². The Morgan fingerprint density at radius 1 is 1.22 bits per heavy atom. The van der Waals surface area contributed by atoms with Gasteiger partial charge < -0.3 is 15.8 Å². The molecule has 3 N–H and O–H groups in total. The van der Waals surface area contributed by atoms with Gasteiger partial charge in [-0.2, -0.15) is 0 Å². The van der Waals surface area contributed by atoms with Gasteiger partial charge in [-0.25, -0.2) is 4.68 Å². The largest absolute Gasteiger partial charge is 0.497 e. The molecule has 0 saturated carbocycles. The number of aromatic nitrogens is 3. The molecule has 0 spiro atoms. The SMILES string of the molecule is COc1cccc(CNC(=O)c2nnn(Cc3cc(C)ccc3C)c2N)c1. The monoisotopic (exact) mass is 365 g/mol. The number of rotatable bonds is 6. The molecule has 0 radical (unpaired) electrons. The first-order chi connectivity index (χ1) is 13.0. The Bertz CT molecular complexity index is 965. The van der Waals surface area contributed by atoms with E-state index in [1.807, 2.05) is 38.1 Å². The number of anilines is 1. The van der Waals surface area contributed by atoms with E-state index in [4.69, 9.17) is 10.5 Å². The Morgan fingerprint density at radius 3 is 2.81 bits per heavy atom. The van der Waals surface area contributed by atoms with Gasteiger partial charge in [0.1, 0.15) is 5.75 Å². The zero-order chi connectivity index (χ0) is 19.4. The van der Waals surface area contributed by atoms with Crippen LogP contribution in [0, 0.1) is 13.8 Å². The first kappa shape index (κ1) is 18.4. The maximum absolute atomic E-state index is 12.4. The van der Waals surface area contributed by atoms with E-state index in [0.29, 0.717) is 13.1 Å². The minimum atomic E-state index is -0.359. The number of hydrogen-bond donors (Lipinski definition) is 2. The number of nitrogens with two attached hydrogens (primary N) is 1. The molecule has 27 heavy (non-hydrogen) atoms. The number of carbonyl (C=O) groups is 1. The molecule has 3 rings (SSSR count). The molecule has 0 aliphatic rings. The average Bonchev–Trinajstić information content (AvgIpc) is 3.03. The van der Waals surface area contributed by atoms with Crippen LogP contribution in [0.3, 0.4) is 0 Å². The van der Waals surface area contributed by atoms with Gasteiger partial charge >= 0.3 is 0 Å². The minimum absolute atomic E-state index is 0.128. The Balaban J connectivity index is 1.70. The molecule has 140 valence electrons. The van der Waals surface area contributed by atoms with E-state index in [2.05, 4.69) is 33.8 Å². The van der Waals surface area contributed by atoms with E-state index in [9.17, 15) is 4.79 Å². The summed E-state index contributed by atoms with van der Waals surface area (Å²) in [5.41, 5.74) is 10.5. The van der Waals surface area contributed by atoms with Crippen LogP contribution in [0.4, 0.5) is 5.82 Å². The van der Waals surface area contributed by atoms with Gasteiger partial charge in [0.05, 0.1) is 13.7 Å². The summed E-state index contributed by atoms with van der Waals surface area (Å²) in [6, 6.07) is 13.7. The molecule has 1 amide bonds. The second kappa shape index (κ2) is 7.90. The first-order valence-corrected chi connectivity index (χ1v) is 8.64.